The molecule has 1 aliphatic heterocycles. The Labute approximate surface area is 181 Å². The zero-order valence-electron chi connectivity index (χ0n) is 17.4. The van der Waals surface area contributed by atoms with Crippen LogP contribution < -0.4 is 25.0 Å². The van der Waals surface area contributed by atoms with Gasteiger partial charge >= 0.3 is 6.03 Å². The second kappa shape index (κ2) is 10.3. The molecule has 0 radical (unpaired) electrons. The van der Waals surface area contributed by atoms with Crippen molar-refractivity contribution in [3.8, 4) is 11.5 Å². The van der Waals surface area contributed by atoms with Gasteiger partial charge in [-0.15, -0.1) is 0 Å². The maximum atomic E-state index is 12.6. The monoisotopic (exact) mass is 450 g/mol. The fourth-order valence-electron chi connectivity index (χ4n) is 3.11. The molecule has 1 aliphatic rings. The van der Waals surface area contributed by atoms with E-state index in [1.165, 1.54) is 18.5 Å². The average Bonchev–Trinajstić information content (AvgIpc) is 2.80. The number of aromatic nitrogens is 2. The van der Waals surface area contributed by atoms with Crippen LogP contribution in [0.5, 0.6) is 11.5 Å². The second-order valence-corrected chi connectivity index (χ2v) is 8.79. The lowest BCUT2D eigenvalue weighted by Gasteiger charge is -2.33. The first-order chi connectivity index (χ1) is 14.9. The van der Waals surface area contributed by atoms with Crippen LogP contribution in [-0.4, -0.2) is 81.4 Å². The van der Waals surface area contributed by atoms with Gasteiger partial charge in [-0.1, -0.05) is 0 Å². The molecule has 2 heterocycles. The molecule has 2 N–H and O–H groups in total. The normalized spacial score (nSPS) is 14.7. The SMILES string of the molecule is COc1ccc(NC(=O)NCCS(=O)(=O)N2CCN(c3ncccn3)CC2)c(OC)c1. The molecule has 2 amide bonds. The lowest BCUT2D eigenvalue weighted by molar-refractivity contribution is 0.252. The van der Waals surface area contributed by atoms with Crippen LogP contribution in [0.15, 0.2) is 36.7 Å². The van der Waals surface area contributed by atoms with Gasteiger partial charge in [0.15, 0.2) is 0 Å². The van der Waals surface area contributed by atoms with Crippen LogP contribution in [0.25, 0.3) is 0 Å². The Balaban J connectivity index is 1.46. The lowest BCUT2D eigenvalue weighted by atomic mass is 10.2. The Morgan fingerprint density at radius 3 is 2.45 bits per heavy atom. The number of rotatable bonds is 8. The highest BCUT2D eigenvalue weighted by Crippen LogP contribution is 2.28. The molecular weight excluding hydrogens is 424 g/mol. The van der Waals surface area contributed by atoms with Crippen molar-refractivity contribution < 1.29 is 22.7 Å². The quantitative estimate of drug-likeness (QED) is 0.604. The molecule has 1 aromatic heterocycles. The summed E-state index contributed by atoms with van der Waals surface area (Å²) >= 11 is 0. The number of carbonyl (C=O) groups is 1. The minimum atomic E-state index is -3.50. The van der Waals surface area contributed by atoms with E-state index in [4.69, 9.17) is 9.47 Å². The smallest absolute Gasteiger partial charge is 0.319 e. The summed E-state index contributed by atoms with van der Waals surface area (Å²) in [4.78, 5) is 22.5. The molecule has 168 valence electrons. The minimum absolute atomic E-state index is 0.0192. The number of hydrogen-bond acceptors (Lipinski definition) is 8. The van der Waals surface area contributed by atoms with Crippen molar-refractivity contribution in [2.75, 3.05) is 62.9 Å². The molecule has 0 atom stereocenters. The van der Waals surface area contributed by atoms with Crippen molar-refractivity contribution in [1.82, 2.24) is 19.6 Å². The number of carbonyl (C=O) groups excluding carboxylic acids is 1. The third-order valence-electron chi connectivity index (χ3n) is 4.77. The van der Waals surface area contributed by atoms with Crippen LogP contribution in [0.1, 0.15) is 0 Å². The number of methoxy groups -OCH3 is 2. The Bertz CT molecular complexity index is 981. The van der Waals surface area contributed by atoms with E-state index in [0.29, 0.717) is 49.3 Å². The van der Waals surface area contributed by atoms with E-state index >= 15 is 0 Å². The summed E-state index contributed by atoms with van der Waals surface area (Å²) in [5.41, 5.74) is 0.447. The number of sulfonamides is 1. The number of benzene rings is 1. The van der Waals surface area contributed by atoms with E-state index in [1.807, 2.05) is 4.90 Å². The highest BCUT2D eigenvalue weighted by Gasteiger charge is 2.27. The summed E-state index contributed by atoms with van der Waals surface area (Å²) in [5.74, 6) is 1.42. The molecule has 0 aliphatic carbocycles. The minimum Gasteiger partial charge on any atom is -0.497 e. The van der Waals surface area contributed by atoms with Crippen molar-refractivity contribution in [3.63, 3.8) is 0 Å². The van der Waals surface area contributed by atoms with Gasteiger partial charge in [-0.05, 0) is 18.2 Å². The van der Waals surface area contributed by atoms with E-state index in [0.717, 1.165) is 0 Å². The third kappa shape index (κ3) is 5.95. The van der Waals surface area contributed by atoms with Gasteiger partial charge in [0.1, 0.15) is 11.5 Å². The number of anilines is 2. The summed E-state index contributed by atoms with van der Waals surface area (Å²) in [6.07, 6.45) is 3.31. The number of nitrogens with one attached hydrogen (secondary N) is 2. The molecule has 0 bridgehead atoms. The first-order valence-electron chi connectivity index (χ1n) is 9.69. The molecule has 12 heteroatoms. The van der Waals surface area contributed by atoms with Crippen LogP contribution in [0, 0.1) is 0 Å². The van der Waals surface area contributed by atoms with E-state index in [2.05, 4.69) is 20.6 Å². The highest BCUT2D eigenvalue weighted by atomic mass is 32.2. The molecule has 0 saturated carbocycles. The number of urea groups is 1. The van der Waals surface area contributed by atoms with E-state index in [-0.39, 0.29) is 12.3 Å². The summed E-state index contributed by atoms with van der Waals surface area (Å²) in [6.45, 7) is 1.68. The van der Waals surface area contributed by atoms with Crippen LogP contribution in [-0.2, 0) is 10.0 Å². The fraction of sp³-hybridized carbons (Fsp3) is 0.421. The highest BCUT2D eigenvalue weighted by molar-refractivity contribution is 7.89. The van der Waals surface area contributed by atoms with Gasteiger partial charge < -0.3 is 25.0 Å². The molecule has 2 aromatic rings. The lowest BCUT2D eigenvalue weighted by Crippen LogP contribution is -2.50. The molecule has 3 rings (SSSR count). The van der Waals surface area contributed by atoms with Crippen molar-refractivity contribution in [1.29, 1.82) is 0 Å². The molecule has 0 unspecified atom stereocenters. The summed E-state index contributed by atoms with van der Waals surface area (Å²) in [6, 6.07) is 6.18. The zero-order chi connectivity index (χ0) is 22.3. The van der Waals surface area contributed by atoms with Gasteiger partial charge in [0.05, 0.1) is 25.7 Å². The van der Waals surface area contributed by atoms with Crippen molar-refractivity contribution in [2.45, 2.75) is 0 Å². The molecule has 11 nitrogen and oxygen atoms in total. The number of amides is 2. The van der Waals surface area contributed by atoms with Gasteiger partial charge in [-0.2, -0.15) is 4.31 Å². The summed E-state index contributed by atoms with van der Waals surface area (Å²) in [5, 5.41) is 5.21. The van der Waals surface area contributed by atoms with E-state index in [1.54, 1.807) is 36.7 Å². The Morgan fingerprint density at radius 2 is 1.81 bits per heavy atom. The molecule has 1 fully saturated rings. The maximum Gasteiger partial charge on any atom is 0.319 e. The Hall–Kier alpha value is -3.12. The largest absolute Gasteiger partial charge is 0.497 e. The van der Waals surface area contributed by atoms with E-state index in [9.17, 15) is 13.2 Å². The second-order valence-electron chi connectivity index (χ2n) is 6.70. The van der Waals surface area contributed by atoms with Crippen LogP contribution in [0.3, 0.4) is 0 Å². The first kappa shape index (κ1) is 22.6. The van der Waals surface area contributed by atoms with Gasteiger partial charge in [0.25, 0.3) is 0 Å². The Morgan fingerprint density at radius 1 is 1.10 bits per heavy atom. The number of piperazine rings is 1. The molecule has 1 aromatic carbocycles. The fourth-order valence-corrected chi connectivity index (χ4v) is 4.45. The average molecular weight is 451 g/mol. The third-order valence-corrected chi connectivity index (χ3v) is 6.64. The van der Waals surface area contributed by atoms with Crippen LogP contribution in [0.4, 0.5) is 16.4 Å². The number of nitrogens with zero attached hydrogens (tertiary/aromatic N) is 4. The summed E-state index contributed by atoms with van der Waals surface area (Å²) in [7, 11) is -0.485. The number of hydrogen-bond donors (Lipinski definition) is 2. The van der Waals surface area contributed by atoms with Crippen LogP contribution >= 0.6 is 0 Å². The maximum absolute atomic E-state index is 12.6. The van der Waals surface area contributed by atoms with Crippen LogP contribution in [0.2, 0.25) is 0 Å². The summed E-state index contributed by atoms with van der Waals surface area (Å²) < 4.78 is 37.0. The van der Waals surface area contributed by atoms with Crippen molar-refractivity contribution >= 4 is 27.7 Å². The topological polar surface area (TPSA) is 126 Å². The standard InChI is InChI=1S/C19H26N6O5S/c1-29-15-4-5-16(17(14-15)30-2)23-19(26)22-8-13-31(27,28)25-11-9-24(10-12-25)18-20-6-3-7-21-18/h3-7,14H,8-13H2,1-2H3,(H2,22,23,26). The first-order valence-corrected chi connectivity index (χ1v) is 11.3. The van der Waals surface area contributed by atoms with Gasteiger partial charge in [-0.3, -0.25) is 0 Å². The molecule has 1 saturated heterocycles. The van der Waals surface area contributed by atoms with E-state index < -0.39 is 16.1 Å². The molecule has 0 spiro atoms. The van der Waals surface area contributed by atoms with Crippen molar-refractivity contribution in [2.24, 2.45) is 0 Å². The van der Waals surface area contributed by atoms with Gasteiger partial charge in [0, 0.05) is 51.2 Å². The van der Waals surface area contributed by atoms with Gasteiger partial charge in [0.2, 0.25) is 16.0 Å². The predicted molar refractivity (Wildman–Crippen MR) is 116 cm³/mol. The Kier molecular flexibility index (Phi) is 7.47. The predicted octanol–water partition coefficient (Wildman–Crippen LogP) is 0.767. The molecular formula is C19H26N6O5S. The van der Waals surface area contributed by atoms with Gasteiger partial charge in [-0.25, -0.2) is 23.2 Å². The van der Waals surface area contributed by atoms with Crippen molar-refractivity contribution in [3.05, 3.63) is 36.7 Å². The number of ether oxygens (including phenoxy) is 2. The zero-order valence-corrected chi connectivity index (χ0v) is 18.3. The molecule has 31 heavy (non-hydrogen) atoms.